The highest BCUT2D eigenvalue weighted by atomic mass is 16.5. The number of fused-ring (bicyclic) bond motifs is 1. The Morgan fingerprint density at radius 1 is 1.39 bits per heavy atom. The first kappa shape index (κ1) is 15.7. The topological polar surface area (TPSA) is 119 Å². The number of aromatic nitrogens is 4. The summed E-state index contributed by atoms with van der Waals surface area (Å²) in [5, 5.41) is 18.8. The second-order valence-corrected chi connectivity index (χ2v) is 5.84. The van der Waals surface area contributed by atoms with Crippen molar-refractivity contribution in [3.05, 3.63) is 11.9 Å². The van der Waals surface area contributed by atoms with Gasteiger partial charge in [-0.1, -0.05) is 13.3 Å². The molecule has 0 aliphatic heterocycles. The van der Waals surface area contributed by atoms with Crippen molar-refractivity contribution >= 4 is 23.3 Å². The summed E-state index contributed by atoms with van der Waals surface area (Å²) >= 11 is 0. The first-order valence-electron chi connectivity index (χ1n) is 7.69. The zero-order valence-corrected chi connectivity index (χ0v) is 13.1. The van der Waals surface area contributed by atoms with Gasteiger partial charge < -0.3 is 20.7 Å². The van der Waals surface area contributed by atoms with Gasteiger partial charge in [-0.25, -0.2) is 4.98 Å². The summed E-state index contributed by atoms with van der Waals surface area (Å²) in [4.78, 5) is 12.6. The molecule has 3 rings (SSSR count). The summed E-state index contributed by atoms with van der Waals surface area (Å²) in [6.45, 7) is 2.47. The van der Waals surface area contributed by atoms with Crippen LogP contribution in [-0.2, 0) is 0 Å². The van der Waals surface area contributed by atoms with Crippen molar-refractivity contribution in [2.75, 3.05) is 25.6 Å². The van der Waals surface area contributed by atoms with Gasteiger partial charge in [-0.3, -0.25) is 4.57 Å². The number of hydrogen-bond donors (Lipinski definition) is 3. The molecule has 1 fully saturated rings. The lowest BCUT2D eigenvalue weighted by molar-refractivity contribution is 0.143. The average molecular weight is 319 g/mol. The maximum Gasteiger partial charge on any atom is 0.247 e. The van der Waals surface area contributed by atoms with E-state index in [0.29, 0.717) is 30.1 Å². The van der Waals surface area contributed by atoms with Crippen molar-refractivity contribution in [2.45, 2.75) is 26.2 Å². The van der Waals surface area contributed by atoms with Crippen LogP contribution < -0.4 is 10.5 Å². The molecule has 0 saturated heterocycles. The maximum absolute atomic E-state index is 9.39. The van der Waals surface area contributed by atoms with Gasteiger partial charge in [-0.05, 0) is 18.4 Å². The quantitative estimate of drug-likeness (QED) is 0.646. The van der Waals surface area contributed by atoms with Crippen LogP contribution in [0.2, 0.25) is 0 Å². The molecule has 23 heavy (non-hydrogen) atoms. The Bertz CT molecular complexity index is 736. The third kappa shape index (κ3) is 2.87. The largest absolute Gasteiger partial charge is 0.476 e. The third-order valence-electron chi connectivity index (χ3n) is 4.13. The molecule has 2 aromatic heterocycles. The number of aliphatic hydroxyl groups is 2. The standard InChI is InChI=1S/C15H21N5O3/c1-2-3-4-23-13-11-12(18-14(16)19-13)20(9-17-11)6-10-5-15(10,7-21)8-22/h6,9,21-22H,2-5,7-8H2,1H3,(H2,16,18,19)/b10-6-. The van der Waals surface area contributed by atoms with E-state index >= 15 is 0 Å². The smallest absolute Gasteiger partial charge is 0.247 e. The molecule has 0 bridgehead atoms. The van der Waals surface area contributed by atoms with Gasteiger partial charge in [0.1, 0.15) is 6.33 Å². The van der Waals surface area contributed by atoms with Crippen molar-refractivity contribution in [3.8, 4) is 5.88 Å². The van der Waals surface area contributed by atoms with Crippen LogP contribution in [0.1, 0.15) is 26.2 Å². The summed E-state index contributed by atoms with van der Waals surface area (Å²) in [6.07, 6.45) is 6.03. The van der Waals surface area contributed by atoms with Gasteiger partial charge in [0.15, 0.2) is 11.2 Å². The second kappa shape index (κ2) is 6.13. The van der Waals surface area contributed by atoms with Crippen LogP contribution in [0.4, 0.5) is 5.95 Å². The van der Waals surface area contributed by atoms with Crippen molar-refractivity contribution < 1.29 is 14.9 Å². The molecule has 1 aliphatic rings. The molecule has 8 nitrogen and oxygen atoms in total. The van der Waals surface area contributed by atoms with Gasteiger partial charge in [-0.2, -0.15) is 9.97 Å². The van der Waals surface area contributed by atoms with Gasteiger partial charge in [-0.15, -0.1) is 0 Å². The third-order valence-corrected chi connectivity index (χ3v) is 4.13. The lowest BCUT2D eigenvalue weighted by Crippen LogP contribution is -2.12. The van der Waals surface area contributed by atoms with E-state index in [2.05, 4.69) is 21.9 Å². The van der Waals surface area contributed by atoms with Gasteiger partial charge >= 0.3 is 0 Å². The van der Waals surface area contributed by atoms with Crippen LogP contribution in [0.5, 0.6) is 5.88 Å². The summed E-state index contributed by atoms with van der Waals surface area (Å²) < 4.78 is 7.37. The fourth-order valence-electron chi connectivity index (χ4n) is 2.45. The van der Waals surface area contributed by atoms with E-state index in [1.807, 2.05) is 6.20 Å². The fourth-order valence-corrected chi connectivity index (χ4v) is 2.45. The van der Waals surface area contributed by atoms with E-state index in [-0.39, 0.29) is 19.2 Å². The Labute approximate surface area is 133 Å². The SMILES string of the molecule is CCCCOc1nc(N)nc2c1ncn2/C=C1/CC1(CO)CO. The van der Waals surface area contributed by atoms with Gasteiger partial charge in [0.25, 0.3) is 0 Å². The van der Waals surface area contributed by atoms with Gasteiger partial charge in [0, 0.05) is 11.6 Å². The van der Waals surface area contributed by atoms with E-state index < -0.39 is 5.41 Å². The van der Waals surface area contributed by atoms with Crippen LogP contribution >= 0.6 is 0 Å². The number of anilines is 1. The number of rotatable bonds is 7. The number of imidazole rings is 1. The molecular formula is C15H21N5O3. The van der Waals surface area contributed by atoms with E-state index in [1.165, 1.54) is 0 Å². The number of aliphatic hydroxyl groups excluding tert-OH is 2. The summed E-state index contributed by atoms with van der Waals surface area (Å²) in [5.74, 6) is 0.500. The molecule has 0 amide bonds. The van der Waals surface area contributed by atoms with E-state index in [1.54, 1.807) is 10.9 Å². The highest BCUT2D eigenvalue weighted by Gasteiger charge is 2.48. The highest BCUT2D eigenvalue weighted by molar-refractivity contribution is 5.79. The molecule has 4 N–H and O–H groups in total. The lowest BCUT2D eigenvalue weighted by Gasteiger charge is -2.06. The van der Waals surface area contributed by atoms with E-state index in [9.17, 15) is 10.2 Å². The number of nitrogens with zero attached hydrogens (tertiary/aromatic N) is 4. The Morgan fingerprint density at radius 3 is 2.83 bits per heavy atom. The Balaban J connectivity index is 1.93. The predicted octanol–water partition coefficient (Wildman–Crippen LogP) is 0.803. The van der Waals surface area contributed by atoms with Crippen LogP contribution in [-0.4, -0.2) is 49.6 Å². The molecule has 0 aromatic carbocycles. The number of ether oxygens (including phenoxy) is 1. The van der Waals surface area contributed by atoms with E-state index in [4.69, 9.17) is 10.5 Å². The molecule has 0 radical (unpaired) electrons. The van der Waals surface area contributed by atoms with Crippen molar-refractivity contribution in [1.29, 1.82) is 0 Å². The number of nitrogen functional groups attached to an aromatic ring is 1. The van der Waals surface area contributed by atoms with Crippen LogP contribution in [0.3, 0.4) is 0 Å². The fraction of sp³-hybridized carbons (Fsp3) is 0.533. The normalized spacial score (nSPS) is 17.8. The van der Waals surface area contributed by atoms with Crippen LogP contribution in [0, 0.1) is 5.41 Å². The molecule has 0 unspecified atom stereocenters. The van der Waals surface area contributed by atoms with Gasteiger partial charge in [0.05, 0.1) is 19.8 Å². The van der Waals surface area contributed by atoms with E-state index in [0.717, 1.165) is 18.4 Å². The monoisotopic (exact) mass is 319 g/mol. The van der Waals surface area contributed by atoms with Crippen molar-refractivity contribution in [3.63, 3.8) is 0 Å². The van der Waals surface area contributed by atoms with Crippen molar-refractivity contribution in [2.24, 2.45) is 5.41 Å². The molecule has 2 heterocycles. The molecule has 2 aromatic rings. The number of nitrogens with two attached hydrogens (primary N) is 1. The molecule has 8 heteroatoms. The van der Waals surface area contributed by atoms with Crippen LogP contribution in [0.25, 0.3) is 17.4 Å². The van der Waals surface area contributed by atoms with Gasteiger partial charge in [0.2, 0.25) is 11.8 Å². The summed E-state index contributed by atoms with van der Waals surface area (Å²) in [6, 6.07) is 0. The Morgan fingerprint density at radius 2 is 2.17 bits per heavy atom. The summed E-state index contributed by atoms with van der Waals surface area (Å²) in [7, 11) is 0. The average Bonchev–Trinajstić information content (AvgIpc) is 3.11. The second-order valence-electron chi connectivity index (χ2n) is 5.84. The number of unbranched alkanes of at least 4 members (excludes halogenated alkanes) is 1. The Hall–Kier alpha value is -2.19. The predicted molar refractivity (Wildman–Crippen MR) is 85.6 cm³/mol. The molecule has 0 atom stereocenters. The molecule has 1 saturated carbocycles. The molecular weight excluding hydrogens is 298 g/mol. The Kier molecular flexibility index (Phi) is 4.18. The van der Waals surface area contributed by atoms with Crippen LogP contribution in [0.15, 0.2) is 11.9 Å². The minimum Gasteiger partial charge on any atom is -0.476 e. The molecule has 1 aliphatic carbocycles. The lowest BCUT2D eigenvalue weighted by atomic mass is 10.1. The highest BCUT2D eigenvalue weighted by Crippen LogP contribution is 2.51. The first-order chi connectivity index (χ1) is 11.1. The number of hydrogen-bond acceptors (Lipinski definition) is 7. The minimum absolute atomic E-state index is 0.0789. The van der Waals surface area contributed by atoms with Crippen molar-refractivity contribution in [1.82, 2.24) is 19.5 Å². The first-order valence-corrected chi connectivity index (χ1v) is 7.69. The summed E-state index contributed by atoms with van der Waals surface area (Å²) in [5.41, 5.74) is 7.29. The zero-order chi connectivity index (χ0) is 16.4. The maximum atomic E-state index is 9.39. The molecule has 124 valence electrons. The zero-order valence-electron chi connectivity index (χ0n) is 13.1. The minimum atomic E-state index is -0.518. The molecule has 0 spiro atoms.